The molecule has 8 heteroatoms. The van der Waals surface area contributed by atoms with E-state index in [1.807, 2.05) is 6.07 Å². The van der Waals surface area contributed by atoms with Crippen molar-refractivity contribution in [2.75, 3.05) is 7.11 Å². The zero-order chi connectivity index (χ0) is 15.7. The van der Waals surface area contributed by atoms with E-state index in [-0.39, 0.29) is 11.5 Å². The molecule has 0 bridgehead atoms. The summed E-state index contributed by atoms with van der Waals surface area (Å²) in [5.74, 6) is 1.26. The zero-order valence-electron chi connectivity index (χ0n) is 10.4. The smallest absolute Gasteiger partial charge is 0.184 e. The standard InChI is InChI=1S/C13H7Br5O3/c1-20-12-7(16)2-5(14)3-9(12)21-13-8(17)4-6(15)10(18)11(13)19/h2-4,19H,1H3. The summed E-state index contributed by atoms with van der Waals surface area (Å²) in [5, 5.41) is 10.2. The first-order chi connectivity index (χ1) is 9.85. The third kappa shape index (κ3) is 3.77. The molecule has 1 N–H and O–H groups in total. The molecule has 2 aromatic carbocycles. The molecule has 0 saturated heterocycles. The van der Waals surface area contributed by atoms with Crippen molar-refractivity contribution in [1.82, 2.24) is 0 Å². The van der Waals surface area contributed by atoms with Crippen LogP contribution in [0.25, 0.3) is 0 Å². The Bertz CT molecular complexity index is 703. The fraction of sp³-hybridized carbons (Fsp3) is 0.0769. The molecular formula is C13H7Br5O3. The number of hydrogen-bond donors (Lipinski definition) is 1. The summed E-state index contributed by atoms with van der Waals surface area (Å²) in [6.07, 6.45) is 0. The van der Waals surface area contributed by atoms with Crippen LogP contribution in [-0.4, -0.2) is 12.2 Å². The SMILES string of the molecule is COc1c(Br)cc(Br)cc1Oc1c(Br)cc(Br)c(Br)c1O. The van der Waals surface area contributed by atoms with E-state index in [4.69, 9.17) is 9.47 Å². The molecular weight excluding hydrogens is 604 g/mol. The van der Waals surface area contributed by atoms with Crippen LogP contribution < -0.4 is 9.47 Å². The monoisotopic (exact) mass is 606 g/mol. The first-order valence-electron chi connectivity index (χ1n) is 5.42. The van der Waals surface area contributed by atoms with Crippen molar-refractivity contribution in [3.05, 3.63) is 40.6 Å². The molecule has 0 unspecified atom stereocenters. The van der Waals surface area contributed by atoms with Crippen molar-refractivity contribution in [3.63, 3.8) is 0 Å². The maximum Gasteiger partial charge on any atom is 0.184 e. The van der Waals surface area contributed by atoms with Crippen molar-refractivity contribution >= 4 is 79.6 Å². The maximum absolute atomic E-state index is 10.2. The van der Waals surface area contributed by atoms with Gasteiger partial charge in [0.05, 0.1) is 20.5 Å². The van der Waals surface area contributed by atoms with Crippen LogP contribution in [0.2, 0.25) is 0 Å². The molecule has 2 aromatic rings. The van der Waals surface area contributed by atoms with E-state index in [0.29, 0.717) is 24.9 Å². The number of methoxy groups -OCH3 is 1. The van der Waals surface area contributed by atoms with Crippen LogP contribution in [-0.2, 0) is 0 Å². The van der Waals surface area contributed by atoms with Crippen molar-refractivity contribution in [2.45, 2.75) is 0 Å². The minimum absolute atomic E-state index is 0.0191. The number of phenols is 1. The lowest BCUT2D eigenvalue weighted by Gasteiger charge is -2.15. The van der Waals surface area contributed by atoms with Gasteiger partial charge in [0.15, 0.2) is 23.0 Å². The van der Waals surface area contributed by atoms with Crippen molar-refractivity contribution in [2.24, 2.45) is 0 Å². The molecule has 2 rings (SSSR count). The number of aromatic hydroxyl groups is 1. The molecule has 0 aliphatic carbocycles. The van der Waals surface area contributed by atoms with E-state index in [1.165, 1.54) is 0 Å². The quantitative estimate of drug-likeness (QED) is 0.381. The van der Waals surface area contributed by atoms with E-state index in [0.717, 1.165) is 8.95 Å². The van der Waals surface area contributed by atoms with Gasteiger partial charge in [-0.3, -0.25) is 0 Å². The Labute approximate surface area is 163 Å². The van der Waals surface area contributed by atoms with Gasteiger partial charge >= 0.3 is 0 Å². The summed E-state index contributed by atoms with van der Waals surface area (Å²) in [6.45, 7) is 0. The third-order valence-electron chi connectivity index (χ3n) is 2.49. The highest BCUT2D eigenvalue weighted by molar-refractivity contribution is 9.13. The van der Waals surface area contributed by atoms with Gasteiger partial charge in [-0.05, 0) is 81.9 Å². The Morgan fingerprint density at radius 1 is 0.857 bits per heavy atom. The number of rotatable bonds is 3. The van der Waals surface area contributed by atoms with Gasteiger partial charge in [-0.25, -0.2) is 0 Å². The minimum atomic E-state index is -0.0191. The Morgan fingerprint density at radius 3 is 2.10 bits per heavy atom. The summed E-state index contributed by atoms with van der Waals surface area (Å²) in [7, 11) is 1.55. The van der Waals surface area contributed by atoms with Crippen LogP contribution in [0.15, 0.2) is 40.6 Å². The molecule has 0 amide bonds. The Morgan fingerprint density at radius 2 is 1.48 bits per heavy atom. The molecule has 3 nitrogen and oxygen atoms in total. The number of hydrogen-bond acceptors (Lipinski definition) is 3. The lowest BCUT2D eigenvalue weighted by atomic mass is 10.3. The number of halogens is 5. The van der Waals surface area contributed by atoms with Gasteiger partial charge in [-0.15, -0.1) is 0 Å². The number of benzene rings is 2. The normalized spacial score (nSPS) is 10.6. The molecule has 0 saturated carbocycles. The van der Waals surface area contributed by atoms with E-state index < -0.39 is 0 Å². The van der Waals surface area contributed by atoms with Crippen LogP contribution in [0.1, 0.15) is 0 Å². The molecule has 0 fully saturated rings. The summed E-state index contributed by atoms with van der Waals surface area (Å²) >= 11 is 16.8. The third-order valence-corrected chi connectivity index (χ3v) is 6.09. The molecule has 0 spiro atoms. The first-order valence-corrected chi connectivity index (χ1v) is 9.39. The number of ether oxygens (including phenoxy) is 2. The van der Waals surface area contributed by atoms with Crippen molar-refractivity contribution in [3.8, 4) is 23.0 Å². The molecule has 0 radical (unpaired) electrons. The average Bonchev–Trinajstić information content (AvgIpc) is 2.41. The van der Waals surface area contributed by atoms with E-state index in [2.05, 4.69) is 79.6 Å². The molecule has 0 aliphatic heterocycles. The average molecular weight is 611 g/mol. The molecule has 0 atom stereocenters. The molecule has 0 aromatic heterocycles. The largest absolute Gasteiger partial charge is 0.503 e. The van der Waals surface area contributed by atoms with Gasteiger partial charge in [0.2, 0.25) is 0 Å². The number of phenolic OH excluding ortho intramolecular Hbond substituents is 1. The van der Waals surface area contributed by atoms with Crippen LogP contribution in [0.3, 0.4) is 0 Å². The summed E-state index contributed by atoms with van der Waals surface area (Å²) in [6, 6.07) is 5.38. The molecule has 21 heavy (non-hydrogen) atoms. The van der Waals surface area contributed by atoms with Gasteiger partial charge in [-0.1, -0.05) is 15.9 Å². The maximum atomic E-state index is 10.2. The first kappa shape index (κ1) is 17.6. The van der Waals surface area contributed by atoms with E-state index in [1.54, 1.807) is 19.2 Å². The predicted octanol–water partition coefficient (Wildman–Crippen LogP) is 7.01. The van der Waals surface area contributed by atoms with E-state index >= 15 is 0 Å². The predicted molar refractivity (Wildman–Crippen MR) is 99.7 cm³/mol. The lowest BCUT2D eigenvalue weighted by Crippen LogP contribution is -1.93. The van der Waals surface area contributed by atoms with E-state index in [9.17, 15) is 5.11 Å². The van der Waals surface area contributed by atoms with Gasteiger partial charge in [0, 0.05) is 8.95 Å². The van der Waals surface area contributed by atoms with Gasteiger partial charge in [0.1, 0.15) is 0 Å². The summed E-state index contributed by atoms with van der Waals surface area (Å²) in [5.41, 5.74) is 0. The fourth-order valence-electron chi connectivity index (χ4n) is 1.58. The van der Waals surface area contributed by atoms with Crippen LogP contribution in [0, 0.1) is 0 Å². The fourth-order valence-corrected chi connectivity index (χ4v) is 4.45. The topological polar surface area (TPSA) is 38.7 Å². The Kier molecular flexibility index (Phi) is 6.04. The highest BCUT2D eigenvalue weighted by Crippen LogP contribution is 2.48. The summed E-state index contributed by atoms with van der Waals surface area (Å²) in [4.78, 5) is 0. The summed E-state index contributed by atoms with van der Waals surface area (Å²) < 4.78 is 14.5. The lowest BCUT2D eigenvalue weighted by molar-refractivity contribution is 0.362. The van der Waals surface area contributed by atoms with Crippen LogP contribution in [0.5, 0.6) is 23.0 Å². The van der Waals surface area contributed by atoms with Crippen molar-refractivity contribution < 1.29 is 14.6 Å². The highest BCUT2D eigenvalue weighted by atomic mass is 79.9. The van der Waals surface area contributed by atoms with Crippen LogP contribution >= 0.6 is 79.6 Å². The van der Waals surface area contributed by atoms with Gasteiger partial charge in [-0.2, -0.15) is 0 Å². The van der Waals surface area contributed by atoms with Crippen molar-refractivity contribution in [1.29, 1.82) is 0 Å². The van der Waals surface area contributed by atoms with Gasteiger partial charge in [0.25, 0.3) is 0 Å². The Hall–Kier alpha value is 0.240. The zero-order valence-corrected chi connectivity index (χ0v) is 18.3. The minimum Gasteiger partial charge on any atom is -0.503 e. The second-order valence-corrected chi connectivity index (χ2v) is 8.12. The van der Waals surface area contributed by atoms with Gasteiger partial charge < -0.3 is 14.6 Å². The van der Waals surface area contributed by atoms with Crippen LogP contribution in [0.4, 0.5) is 0 Å². The highest BCUT2D eigenvalue weighted by Gasteiger charge is 2.19. The molecule has 0 aliphatic rings. The molecule has 112 valence electrons. The Balaban J connectivity index is 2.56. The second-order valence-electron chi connectivity index (χ2n) is 3.85. The molecule has 0 heterocycles. The second kappa shape index (κ2) is 7.21.